The second-order valence-electron chi connectivity index (χ2n) is 22.4. The van der Waals surface area contributed by atoms with Gasteiger partial charge in [-0.1, -0.05) is 271 Å². The zero-order chi connectivity index (χ0) is 56.3. The number of phosphoric ester groups is 1. The van der Waals surface area contributed by atoms with Crippen LogP contribution in [0.3, 0.4) is 0 Å². The topological polar surface area (TPSA) is 105 Å². The number of phosphoric acid groups is 1. The lowest BCUT2D eigenvalue weighted by Gasteiger charge is -2.25. The Labute approximate surface area is 476 Å². The smallest absolute Gasteiger partial charge is 0.387 e. The number of likely N-dealkylation sites (N-methyl/N-ethyl adjacent to an activating group) is 1. The van der Waals surface area contributed by atoms with Crippen molar-refractivity contribution in [1.82, 2.24) is 5.32 Å². The number of nitrogens with one attached hydrogen (secondary N) is 1. The molecule has 0 aliphatic rings. The van der Waals surface area contributed by atoms with Gasteiger partial charge >= 0.3 is 7.82 Å². The Hall–Kier alpha value is -2.84. The van der Waals surface area contributed by atoms with Crippen LogP contribution < -0.4 is 5.32 Å². The Bertz CT molecular complexity index is 1620. The summed E-state index contributed by atoms with van der Waals surface area (Å²) in [6, 6.07) is -0.876. The largest absolute Gasteiger partial charge is 0.472 e. The lowest BCUT2D eigenvalue weighted by molar-refractivity contribution is -0.870. The van der Waals surface area contributed by atoms with Crippen molar-refractivity contribution in [3.8, 4) is 0 Å². The Kier molecular flexibility index (Phi) is 55.7. The van der Waals surface area contributed by atoms with Crippen molar-refractivity contribution < 1.29 is 32.9 Å². The van der Waals surface area contributed by atoms with Crippen molar-refractivity contribution in [3.63, 3.8) is 0 Å². The SMILES string of the molecule is CC/C=C\C/C=C\C/C=C\C/C=C\C/C=C\C/C=C\CCCCCCCCCCCCCCCCCCC(=O)NC(COP(=O)(O)OCC[N+](C)(C)C)C(O)/C=C/CC/C=C/CC/C=C/CCCCCCCCCCCC. The minimum absolute atomic E-state index is 0.0500. The fourth-order valence-corrected chi connectivity index (χ4v) is 9.52. The first kappa shape index (κ1) is 74.2. The molecule has 444 valence electrons. The third-order valence-corrected chi connectivity index (χ3v) is 14.7. The molecule has 0 aromatic carbocycles. The first-order chi connectivity index (χ1) is 37.5. The highest BCUT2D eigenvalue weighted by Gasteiger charge is 2.27. The van der Waals surface area contributed by atoms with Crippen LogP contribution in [-0.2, 0) is 18.4 Å². The average molecular weight is 1090 g/mol. The molecule has 3 atom stereocenters. The molecule has 0 aromatic heterocycles. The molecule has 0 fully saturated rings. The molecule has 0 aromatic rings. The molecule has 77 heavy (non-hydrogen) atoms. The van der Waals surface area contributed by atoms with E-state index in [0.29, 0.717) is 17.4 Å². The first-order valence-corrected chi connectivity index (χ1v) is 33.3. The van der Waals surface area contributed by atoms with Crippen LogP contribution in [0.1, 0.15) is 264 Å². The molecule has 1 amide bonds. The number of aliphatic hydroxyl groups excluding tert-OH is 1. The maximum Gasteiger partial charge on any atom is 0.472 e. The summed E-state index contributed by atoms with van der Waals surface area (Å²) in [6.07, 6.45) is 85.0. The molecule has 0 saturated carbocycles. The van der Waals surface area contributed by atoms with Gasteiger partial charge in [-0.2, -0.15) is 0 Å². The van der Waals surface area contributed by atoms with E-state index in [1.807, 2.05) is 27.2 Å². The summed E-state index contributed by atoms with van der Waals surface area (Å²) in [5.41, 5.74) is 0. The van der Waals surface area contributed by atoms with Crippen molar-refractivity contribution in [3.05, 3.63) is 109 Å². The monoisotopic (exact) mass is 1090 g/mol. The van der Waals surface area contributed by atoms with E-state index in [1.165, 1.54) is 161 Å². The van der Waals surface area contributed by atoms with Gasteiger partial charge in [-0.3, -0.25) is 13.8 Å². The summed E-state index contributed by atoms with van der Waals surface area (Å²) >= 11 is 0. The van der Waals surface area contributed by atoms with E-state index in [1.54, 1.807) is 6.08 Å². The van der Waals surface area contributed by atoms with Gasteiger partial charge in [0.2, 0.25) is 5.91 Å². The first-order valence-electron chi connectivity index (χ1n) is 31.8. The number of hydrogen-bond donors (Lipinski definition) is 3. The van der Waals surface area contributed by atoms with E-state index in [2.05, 4.69) is 116 Å². The number of amides is 1. The molecule has 0 heterocycles. The summed E-state index contributed by atoms with van der Waals surface area (Å²) < 4.78 is 23.7. The normalized spacial score (nSPS) is 14.5. The summed E-state index contributed by atoms with van der Waals surface area (Å²) in [4.78, 5) is 23.3. The zero-order valence-electron chi connectivity index (χ0n) is 50.7. The lowest BCUT2D eigenvalue weighted by Crippen LogP contribution is -2.45. The number of carbonyl (C=O) groups excluding carboxylic acids is 1. The summed E-state index contributed by atoms with van der Waals surface area (Å²) in [5, 5.41) is 13.9. The number of rotatable bonds is 57. The van der Waals surface area contributed by atoms with Crippen molar-refractivity contribution in [1.29, 1.82) is 0 Å². The number of carbonyl (C=O) groups is 1. The molecule has 0 aliphatic heterocycles. The van der Waals surface area contributed by atoms with Crippen LogP contribution in [-0.4, -0.2) is 73.4 Å². The minimum Gasteiger partial charge on any atom is -0.387 e. The predicted octanol–water partition coefficient (Wildman–Crippen LogP) is 19.9. The van der Waals surface area contributed by atoms with Gasteiger partial charge in [0.25, 0.3) is 0 Å². The van der Waals surface area contributed by atoms with Crippen LogP contribution in [0.25, 0.3) is 0 Å². The number of unbranched alkanes of at least 4 members (excludes halogenated alkanes) is 28. The van der Waals surface area contributed by atoms with Gasteiger partial charge < -0.3 is 19.8 Å². The second-order valence-corrected chi connectivity index (χ2v) is 23.8. The molecule has 3 N–H and O–H groups in total. The molecule has 0 spiro atoms. The molecular weight excluding hydrogens is 972 g/mol. The van der Waals surface area contributed by atoms with Crippen molar-refractivity contribution in [2.45, 2.75) is 276 Å². The second kappa shape index (κ2) is 57.8. The van der Waals surface area contributed by atoms with Crippen LogP contribution in [0.2, 0.25) is 0 Å². The lowest BCUT2D eigenvalue weighted by atomic mass is 10.0. The Morgan fingerprint density at radius 1 is 0.455 bits per heavy atom. The Morgan fingerprint density at radius 2 is 0.792 bits per heavy atom. The van der Waals surface area contributed by atoms with Crippen molar-refractivity contribution >= 4 is 13.7 Å². The third kappa shape index (κ3) is 60.6. The zero-order valence-corrected chi connectivity index (χ0v) is 51.6. The summed E-state index contributed by atoms with van der Waals surface area (Å²) in [5.74, 6) is -0.193. The molecule has 0 rings (SSSR count). The van der Waals surface area contributed by atoms with Crippen molar-refractivity contribution in [2.75, 3.05) is 40.9 Å². The van der Waals surface area contributed by atoms with E-state index < -0.39 is 20.0 Å². The standard InChI is InChI=1S/C68H121N2O6P/c1-6-8-10-12-14-16-18-20-22-24-26-28-29-30-31-32-33-34-35-36-37-38-39-40-41-42-44-46-48-50-52-54-56-58-60-62-68(72)69-66(65-76-77(73,74)75-64-63-70(3,4)5)67(71)61-59-57-55-53-51-49-47-45-43-27-25-23-21-19-17-15-13-11-9-7-2/h8,10,14,16,20,22,26,28,30-31,33-34,43,45,51,53,59,61,66-67,71H,6-7,9,11-13,15,17-19,21,23-25,27,29,32,35-42,44,46-50,52,54-58,60,62-65H2,1-5H3,(H-,69,72,73,74)/p+1/b10-8-,16-14-,22-20-,28-26-,31-30-,34-33-,45-43+,53-51+,61-59+. The van der Waals surface area contributed by atoms with E-state index >= 15 is 0 Å². The molecule has 3 unspecified atom stereocenters. The number of nitrogens with zero attached hydrogens (tertiary/aromatic N) is 1. The fraction of sp³-hybridized carbons (Fsp3) is 0.721. The quantitative estimate of drug-likeness (QED) is 0.0243. The number of quaternary nitrogens is 1. The van der Waals surface area contributed by atoms with Crippen LogP contribution >= 0.6 is 7.82 Å². The Morgan fingerprint density at radius 3 is 1.19 bits per heavy atom. The molecule has 0 aliphatic carbocycles. The van der Waals surface area contributed by atoms with Crippen LogP contribution in [0.15, 0.2) is 109 Å². The molecular formula is C68H122N2O6P+. The van der Waals surface area contributed by atoms with Gasteiger partial charge in [0.1, 0.15) is 13.2 Å². The van der Waals surface area contributed by atoms with Crippen LogP contribution in [0.4, 0.5) is 0 Å². The summed E-state index contributed by atoms with van der Waals surface area (Å²) in [7, 11) is 1.54. The average Bonchev–Trinajstić information content (AvgIpc) is 3.39. The van der Waals surface area contributed by atoms with E-state index in [-0.39, 0.29) is 19.1 Å². The molecule has 9 heteroatoms. The van der Waals surface area contributed by atoms with Crippen molar-refractivity contribution in [2.24, 2.45) is 0 Å². The molecule has 0 bridgehead atoms. The maximum atomic E-state index is 13.0. The highest BCUT2D eigenvalue weighted by Crippen LogP contribution is 2.43. The van der Waals surface area contributed by atoms with E-state index in [9.17, 15) is 19.4 Å². The number of aliphatic hydroxyl groups is 1. The van der Waals surface area contributed by atoms with Gasteiger partial charge in [0.05, 0.1) is 39.9 Å². The van der Waals surface area contributed by atoms with Gasteiger partial charge in [0, 0.05) is 6.42 Å². The summed E-state index contributed by atoms with van der Waals surface area (Å²) in [6.45, 7) is 4.68. The molecule has 0 saturated heterocycles. The predicted molar refractivity (Wildman–Crippen MR) is 336 cm³/mol. The van der Waals surface area contributed by atoms with E-state index in [0.717, 1.165) is 83.5 Å². The van der Waals surface area contributed by atoms with Gasteiger partial charge in [-0.05, 0) is 96.3 Å². The van der Waals surface area contributed by atoms with Crippen LogP contribution in [0.5, 0.6) is 0 Å². The van der Waals surface area contributed by atoms with Gasteiger partial charge in [-0.15, -0.1) is 0 Å². The molecule has 8 nitrogen and oxygen atoms in total. The highest BCUT2D eigenvalue weighted by atomic mass is 31.2. The minimum atomic E-state index is -4.37. The van der Waals surface area contributed by atoms with Gasteiger partial charge in [0.15, 0.2) is 0 Å². The van der Waals surface area contributed by atoms with Crippen LogP contribution in [0, 0.1) is 0 Å². The maximum absolute atomic E-state index is 13.0. The van der Waals surface area contributed by atoms with E-state index in [4.69, 9.17) is 9.05 Å². The molecule has 0 radical (unpaired) electrons. The van der Waals surface area contributed by atoms with Gasteiger partial charge in [-0.25, -0.2) is 4.57 Å². The Balaban J connectivity index is 4.14. The highest BCUT2D eigenvalue weighted by molar-refractivity contribution is 7.47. The fourth-order valence-electron chi connectivity index (χ4n) is 8.78. The third-order valence-electron chi connectivity index (χ3n) is 13.7. The number of allylic oxidation sites excluding steroid dienone is 17. The number of hydrogen-bond acceptors (Lipinski definition) is 5.